The summed E-state index contributed by atoms with van der Waals surface area (Å²) < 4.78 is 4.96. The second-order valence-electron chi connectivity index (χ2n) is 4.41. The number of ether oxygens (including phenoxy) is 1. The van der Waals surface area contributed by atoms with E-state index in [1.54, 1.807) is 26.0 Å². The topological polar surface area (TPSA) is 55.4 Å². The van der Waals surface area contributed by atoms with Gasteiger partial charge in [-0.15, -0.1) is 0 Å². The molecule has 0 radical (unpaired) electrons. The second kappa shape index (κ2) is 7.31. The maximum Gasteiger partial charge on any atom is 0.331 e. The summed E-state index contributed by atoms with van der Waals surface area (Å²) >= 11 is 11.7. The van der Waals surface area contributed by atoms with Gasteiger partial charge >= 0.3 is 5.97 Å². The van der Waals surface area contributed by atoms with Crippen molar-refractivity contribution in [2.45, 2.75) is 26.9 Å². The van der Waals surface area contributed by atoms with Crippen LogP contribution < -0.4 is 5.32 Å². The molecule has 1 atom stereocenters. The third-order valence-electron chi connectivity index (χ3n) is 2.25. The van der Waals surface area contributed by atoms with Crippen LogP contribution in [0.25, 0.3) is 0 Å². The fourth-order valence-electron chi connectivity index (χ4n) is 1.33. The molecule has 0 heterocycles. The Labute approximate surface area is 127 Å². The Kier molecular flexibility index (Phi) is 6.05. The van der Waals surface area contributed by atoms with Crippen molar-refractivity contribution >= 4 is 40.8 Å². The van der Waals surface area contributed by atoms with Gasteiger partial charge in [0.1, 0.15) is 0 Å². The highest BCUT2D eigenvalue weighted by Crippen LogP contribution is 2.25. The van der Waals surface area contributed by atoms with E-state index in [0.717, 1.165) is 5.57 Å². The molecule has 1 N–H and O–H groups in total. The first-order valence-electron chi connectivity index (χ1n) is 5.91. The van der Waals surface area contributed by atoms with Gasteiger partial charge in [0.2, 0.25) is 0 Å². The Morgan fingerprint density at radius 2 is 1.95 bits per heavy atom. The summed E-state index contributed by atoms with van der Waals surface area (Å²) in [5.41, 5.74) is 1.16. The molecule has 0 aliphatic heterocycles. The lowest BCUT2D eigenvalue weighted by Crippen LogP contribution is -2.29. The molecule has 0 unspecified atom stereocenters. The zero-order chi connectivity index (χ0) is 15.3. The maximum absolute atomic E-state index is 11.9. The lowest BCUT2D eigenvalue weighted by atomic mass is 10.3. The van der Waals surface area contributed by atoms with Gasteiger partial charge in [0.05, 0.1) is 10.7 Å². The summed E-state index contributed by atoms with van der Waals surface area (Å²) in [6.45, 7) is 5.00. The van der Waals surface area contributed by atoms with E-state index in [9.17, 15) is 9.59 Å². The summed E-state index contributed by atoms with van der Waals surface area (Å²) in [6, 6.07) is 4.70. The molecule has 0 fully saturated rings. The number of hydrogen-bond acceptors (Lipinski definition) is 3. The third kappa shape index (κ3) is 5.23. The van der Waals surface area contributed by atoms with Crippen LogP contribution in [0.3, 0.4) is 0 Å². The number of carbonyl (C=O) groups excluding carboxylic acids is 2. The first-order valence-corrected chi connectivity index (χ1v) is 6.66. The molecule has 1 aromatic rings. The van der Waals surface area contributed by atoms with E-state index in [-0.39, 0.29) is 0 Å². The number of benzene rings is 1. The summed E-state index contributed by atoms with van der Waals surface area (Å²) in [4.78, 5) is 23.3. The molecule has 108 valence electrons. The molecule has 6 heteroatoms. The number of hydrogen-bond donors (Lipinski definition) is 1. The van der Waals surface area contributed by atoms with E-state index in [4.69, 9.17) is 27.9 Å². The van der Waals surface area contributed by atoms with E-state index in [1.807, 2.05) is 0 Å². The Balaban J connectivity index is 2.69. The Bertz CT molecular complexity index is 551. The molecule has 4 nitrogen and oxygen atoms in total. The van der Waals surface area contributed by atoms with Gasteiger partial charge in [-0.05, 0) is 39.0 Å². The Morgan fingerprint density at radius 3 is 2.55 bits per heavy atom. The van der Waals surface area contributed by atoms with Crippen LogP contribution in [0.2, 0.25) is 10.0 Å². The average molecular weight is 316 g/mol. The van der Waals surface area contributed by atoms with Crippen molar-refractivity contribution < 1.29 is 14.3 Å². The van der Waals surface area contributed by atoms with Gasteiger partial charge < -0.3 is 10.1 Å². The quantitative estimate of drug-likeness (QED) is 0.678. The average Bonchev–Trinajstić information content (AvgIpc) is 2.32. The van der Waals surface area contributed by atoms with Crippen LogP contribution in [0.4, 0.5) is 5.69 Å². The van der Waals surface area contributed by atoms with Crippen molar-refractivity contribution in [2.75, 3.05) is 5.32 Å². The minimum absolute atomic E-state index is 0.352. The van der Waals surface area contributed by atoms with Gasteiger partial charge in [-0.2, -0.15) is 0 Å². The first kappa shape index (κ1) is 16.5. The highest BCUT2D eigenvalue weighted by molar-refractivity contribution is 6.35. The number of allylic oxidation sites excluding steroid dienone is 1. The van der Waals surface area contributed by atoms with E-state index in [2.05, 4.69) is 5.32 Å². The molecule has 0 bridgehead atoms. The molecule has 0 spiro atoms. The number of esters is 1. The third-order valence-corrected chi connectivity index (χ3v) is 2.82. The number of nitrogens with one attached hydrogen (secondary N) is 1. The molecule has 0 saturated carbocycles. The molecular weight excluding hydrogens is 301 g/mol. The number of rotatable bonds is 4. The monoisotopic (exact) mass is 315 g/mol. The number of anilines is 1. The van der Waals surface area contributed by atoms with Gasteiger partial charge in [0.25, 0.3) is 5.91 Å². The van der Waals surface area contributed by atoms with Crippen molar-refractivity contribution in [1.82, 2.24) is 0 Å². The van der Waals surface area contributed by atoms with E-state index >= 15 is 0 Å². The van der Waals surface area contributed by atoms with Crippen molar-refractivity contribution in [3.63, 3.8) is 0 Å². The minimum atomic E-state index is -0.937. The van der Waals surface area contributed by atoms with Gasteiger partial charge in [0.15, 0.2) is 6.10 Å². The van der Waals surface area contributed by atoms with Gasteiger partial charge in [-0.1, -0.05) is 28.8 Å². The summed E-state index contributed by atoms with van der Waals surface area (Å²) in [5.74, 6) is -1.05. The van der Waals surface area contributed by atoms with Crippen LogP contribution in [-0.4, -0.2) is 18.0 Å². The summed E-state index contributed by atoms with van der Waals surface area (Å²) in [6.07, 6.45) is 0.379. The predicted molar refractivity (Wildman–Crippen MR) is 80.1 cm³/mol. The van der Waals surface area contributed by atoms with E-state index < -0.39 is 18.0 Å². The lowest BCUT2D eigenvalue weighted by Gasteiger charge is -2.13. The molecule has 1 amide bonds. The van der Waals surface area contributed by atoms with Crippen molar-refractivity contribution in [1.29, 1.82) is 0 Å². The van der Waals surface area contributed by atoms with Crippen molar-refractivity contribution in [2.24, 2.45) is 0 Å². The molecule has 0 aromatic heterocycles. The highest BCUT2D eigenvalue weighted by atomic mass is 35.5. The Morgan fingerprint density at radius 1 is 1.30 bits per heavy atom. The SMILES string of the molecule is CC(C)=CC(=O)O[C@H](C)C(=O)Nc1cc(Cl)ccc1Cl. The Hall–Kier alpha value is -1.52. The van der Waals surface area contributed by atoms with E-state index in [0.29, 0.717) is 15.7 Å². The summed E-state index contributed by atoms with van der Waals surface area (Å²) in [5, 5.41) is 3.35. The minimum Gasteiger partial charge on any atom is -0.449 e. The summed E-state index contributed by atoms with van der Waals surface area (Å²) in [7, 11) is 0. The van der Waals surface area contributed by atoms with Crippen molar-refractivity contribution in [3.8, 4) is 0 Å². The number of halogens is 2. The smallest absolute Gasteiger partial charge is 0.331 e. The van der Waals surface area contributed by atoms with Gasteiger partial charge in [-0.25, -0.2) is 4.79 Å². The van der Waals surface area contributed by atoms with Crippen LogP contribution in [0.15, 0.2) is 29.8 Å². The number of carbonyl (C=O) groups is 2. The van der Waals surface area contributed by atoms with Gasteiger partial charge in [-0.3, -0.25) is 4.79 Å². The molecular formula is C14H15Cl2NO3. The van der Waals surface area contributed by atoms with Crippen LogP contribution in [-0.2, 0) is 14.3 Å². The largest absolute Gasteiger partial charge is 0.449 e. The number of amides is 1. The lowest BCUT2D eigenvalue weighted by molar-refractivity contribution is -0.148. The van der Waals surface area contributed by atoms with Crippen LogP contribution in [0, 0.1) is 0 Å². The standard InChI is InChI=1S/C14H15Cl2NO3/c1-8(2)6-13(18)20-9(3)14(19)17-12-7-10(15)4-5-11(12)16/h4-7,9H,1-3H3,(H,17,19)/t9-/m1/s1. The fourth-order valence-corrected chi connectivity index (χ4v) is 1.66. The fraction of sp³-hybridized carbons (Fsp3) is 0.286. The normalized spacial score (nSPS) is 11.4. The molecule has 0 aliphatic rings. The molecule has 1 aromatic carbocycles. The van der Waals surface area contributed by atoms with Gasteiger partial charge in [0, 0.05) is 11.1 Å². The molecule has 0 saturated heterocycles. The molecule has 20 heavy (non-hydrogen) atoms. The zero-order valence-corrected chi connectivity index (χ0v) is 12.9. The molecule has 1 rings (SSSR count). The highest BCUT2D eigenvalue weighted by Gasteiger charge is 2.17. The first-order chi connectivity index (χ1) is 9.29. The van der Waals surface area contributed by atoms with Crippen molar-refractivity contribution in [3.05, 3.63) is 39.9 Å². The second-order valence-corrected chi connectivity index (χ2v) is 5.26. The van der Waals surface area contributed by atoms with E-state index in [1.165, 1.54) is 19.1 Å². The van der Waals surface area contributed by atoms with Crippen LogP contribution in [0.1, 0.15) is 20.8 Å². The molecule has 0 aliphatic carbocycles. The van der Waals surface area contributed by atoms with Crippen LogP contribution in [0.5, 0.6) is 0 Å². The predicted octanol–water partition coefficient (Wildman–Crippen LogP) is 3.83. The van der Waals surface area contributed by atoms with Crippen LogP contribution >= 0.6 is 23.2 Å². The maximum atomic E-state index is 11.9. The zero-order valence-electron chi connectivity index (χ0n) is 11.4.